The minimum Gasteiger partial charge on any atom is -0.329 e. The van der Waals surface area contributed by atoms with Gasteiger partial charge in [-0.3, -0.25) is 0 Å². The van der Waals surface area contributed by atoms with Crippen molar-refractivity contribution in [3.63, 3.8) is 0 Å². The molecule has 0 atom stereocenters. The molecule has 0 aliphatic carbocycles. The quantitative estimate of drug-likeness (QED) is 0.755. The van der Waals surface area contributed by atoms with Crippen molar-refractivity contribution in [2.24, 2.45) is 5.73 Å². The van der Waals surface area contributed by atoms with Crippen LogP contribution in [0, 0.1) is 6.92 Å². The van der Waals surface area contributed by atoms with E-state index in [1.807, 2.05) is 0 Å². The minimum absolute atomic E-state index is 0.725. The lowest BCUT2D eigenvalue weighted by atomic mass is 10.1. The van der Waals surface area contributed by atoms with Gasteiger partial charge in [0.15, 0.2) is 0 Å². The third kappa shape index (κ3) is 3.57. The fraction of sp³-hybridized carbons (Fsp3) is 0.455. The van der Waals surface area contributed by atoms with Gasteiger partial charge in [0.05, 0.1) is 0 Å². The zero-order valence-corrected chi connectivity index (χ0v) is 8.46. The highest BCUT2D eigenvalue weighted by molar-refractivity contribution is 5.21. The second-order valence-electron chi connectivity index (χ2n) is 3.52. The molecule has 0 aliphatic heterocycles. The van der Waals surface area contributed by atoms with Crippen molar-refractivity contribution < 1.29 is 0 Å². The Labute approximate surface area is 80.4 Å². The van der Waals surface area contributed by atoms with Gasteiger partial charge in [0.1, 0.15) is 0 Å². The molecular formula is C11H18N2. The summed E-state index contributed by atoms with van der Waals surface area (Å²) in [5.74, 6) is 0. The third-order valence-corrected chi connectivity index (χ3v) is 2.05. The molecule has 1 aromatic carbocycles. The van der Waals surface area contributed by atoms with Gasteiger partial charge >= 0.3 is 0 Å². The van der Waals surface area contributed by atoms with Crippen molar-refractivity contribution in [2.45, 2.75) is 13.5 Å². The molecule has 0 unspecified atom stereocenters. The molecule has 13 heavy (non-hydrogen) atoms. The van der Waals surface area contributed by atoms with E-state index in [1.54, 1.807) is 0 Å². The van der Waals surface area contributed by atoms with Gasteiger partial charge in [-0.1, -0.05) is 29.8 Å². The average molecular weight is 178 g/mol. The molecule has 0 saturated carbocycles. The Kier molecular flexibility index (Phi) is 3.93. The first kappa shape index (κ1) is 10.2. The van der Waals surface area contributed by atoms with Gasteiger partial charge in [-0.15, -0.1) is 0 Å². The van der Waals surface area contributed by atoms with E-state index in [0.717, 1.165) is 19.6 Å². The predicted molar refractivity (Wildman–Crippen MR) is 56.6 cm³/mol. The number of aryl methyl sites for hydroxylation is 1. The van der Waals surface area contributed by atoms with Gasteiger partial charge in [-0.2, -0.15) is 0 Å². The number of likely N-dealkylation sites (N-methyl/N-ethyl adjacent to an activating group) is 1. The number of nitrogens with two attached hydrogens (primary N) is 1. The van der Waals surface area contributed by atoms with E-state index < -0.39 is 0 Å². The molecule has 72 valence electrons. The molecule has 0 aliphatic rings. The van der Waals surface area contributed by atoms with Gasteiger partial charge in [0, 0.05) is 19.6 Å². The lowest BCUT2D eigenvalue weighted by Gasteiger charge is -2.15. The van der Waals surface area contributed by atoms with Crippen LogP contribution in [-0.4, -0.2) is 25.0 Å². The van der Waals surface area contributed by atoms with E-state index in [0.29, 0.717) is 0 Å². The highest BCUT2D eigenvalue weighted by atomic mass is 15.1. The Morgan fingerprint density at radius 3 is 2.77 bits per heavy atom. The fourth-order valence-electron chi connectivity index (χ4n) is 1.42. The molecule has 1 aromatic rings. The first-order valence-corrected chi connectivity index (χ1v) is 4.66. The average Bonchev–Trinajstić information content (AvgIpc) is 2.04. The Morgan fingerprint density at radius 2 is 2.15 bits per heavy atom. The Hall–Kier alpha value is -0.860. The Balaban J connectivity index is 2.53. The molecule has 0 heterocycles. The van der Waals surface area contributed by atoms with Crippen LogP contribution in [0.2, 0.25) is 0 Å². The van der Waals surface area contributed by atoms with E-state index in [9.17, 15) is 0 Å². The molecule has 0 saturated heterocycles. The zero-order valence-electron chi connectivity index (χ0n) is 8.46. The van der Waals surface area contributed by atoms with Gasteiger partial charge in [0.25, 0.3) is 0 Å². The Morgan fingerprint density at radius 1 is 1.38 bits per heavy atom. The summed E-state index contributed by atoms with van der Waals surface area (Å²) in [6.45, 7) is 4.78. The number of benzene rings is 1. The predicted octanol–water partition coefficient (Wildman–Crippen LogP) is 1.39. The number of nitrogens with zero attached hydrogens (tertiary/aromatic N) is 1. The summed E-state index contributed by atoms with van der Waals surface area (Å²) in [6, 6.07) is 8.58. The first-order chi connectivity index (χ1) is 6.22. The summed E-state index contributed by atoms with van der Waals surface area (Å²) in [7, 11) is 2.09. The molecule has 0 bridgehead atoms. The van der Waals surface area contributed by atoms with Gasteiger partial charge in [-0.25, -0.2) is 0 Å². The van der Waals surface area contributed by atoms with E-state index in [1.165, 1.54) is 11.1 Å². The van der Waals surface area contributed by atoms with Crippen molar-refractivity contribution in [3.8, 4) is 0 Å². The topological polar surface area (TPSA) is 29.3 Å². The van der Waals surface area contributed by atoms with Crippen molar-refractivity contribution >= 4 is 0 Å². The molecule has 0 spiro atoms. The number of hydrogen-bond donors (Lipinski definition) is 1. The van der Waals surface area contributed by atoms with Crippen molar-refractivity contribution in [3.05, 3.63) is 35.4 Å². The van der Waals surface area contributed by atoms with E-state index in [4.69, 9.17) is 5.73 Å². The highest BCUT2D eigenvalue weighted by Crippen LogP contribution is 2.05. The summed E-state index contributed by atoms with van der Waals surface area (Å²) < 4.78 is 0. The molecule has 0 amide bonds. The van der Waals surface area contributed by atoms with Crippen LogP contribution in [-0.2, 0) is 6.54 Å². The second kappa shape index (κ2) is 5.00. The van der Waals surface area contributed by atoms with E-state index >= 15 is 0 Å². The molecule has 2 nitrogen and oxygen atoms in total. The van der Waals surface area contributed by atoms with Crippen molar-refractivity contribution in [1.82, 2.24) is 4.90 Å². The normalized spacial score (nSPS) is 10.8. The van der Waals surface area contributed by atoms with E-state index in [-0.39, 0.29) is 0 Å². The SMILES string of the molecule is Cc1cccc(CN(C)CCN)c1. The summed E-state index contributed by atoms with van der Waals surface area (Å²) in [5.41, 5.74) is 8.15. The van der Waals surface area contributed by atoms with Crippen LogP contribution >= 0.6 is 0 Å². The van der Waals surface area contributed by atoms with E-state index in [2.05, 4.69) is 43.1 Å². The zero-order chi connectivity index (χ0) is 9.68. The maximum atomic E-state index is 5.47. The van der Waals surface area contributed by atoms with Crippen LogP contribution in [0.1, 0.15) is 11.1 Å². The molecule has 2 N–H and O–H groups in total. The number of hydrogen-bond acceptors (Lipinski definition) is 2. The lowest BCUT2D eigenvalue weighted by Crippen LogP contribution is -2.24. The molecule has 2 heteroatoms. The van der Waals surface area contributed by atoms with Crippen molar-refractivity contribution in [2.75, 3.05) is 20.1 Å². The molecule has 0 aromatic heterocycles. The van der Waals surface area contributed by atoms with Crippen molar-refractivity contribution in [1.29, 1.82) is 0 Å². The summed E-state index contributed by atoms with van der Waals surface area (Å²) in [4.78, 5) is 2.23. The standard InChI is InChI=1S/C11H18N2/c1-10-4-3-5-11(8-10)9-13(2)7-6-12/h3-5,8H,6-7,9,12H2,1-2H3. The summed E-state index contributed by atoms with van der Waals surface area (Å²) >= 11 is 0. The van der Waals surface area contributed by atoms with Gasteiger partial charge < -0.3 is 10.6 Å². The second-order valence-corrected chi connectivity index (χ2v) is 3.52. The summed E-state index contributed by atoms with van der Waals surface area (Å²) in [6.07, 6.45) is 0. The van der Waals surface area contributed by atoms with Crippen LogP contribution in [0.5, 0.6) is 0 Å². The van der Waals surface area contributed by atoms with Crippen LogP contribution < -0.4 is 5.73 Å². The molecule has 0 fully saturated rings. The Bertz CT molecular complexity index is 258. The minimum atomic E-state index is 0.725. The maximum Gasteiger partial charge on any atom is 0.0231 e. The smallest absolute Gasteiger partial charge is 0.0231 e. The number of rotatable bonds is 4. The first-order valence-electron chi connectivity index (χ1n) is 4.66. The van der Waals surface area contributed by atoms with Gasteiger partial charge in [0.2, 0.25) is 0 Å². The van der Waals surface area contributed by atoms with Crippen LogP contribution in [0.25, 0.3) is 0 Å². The largest absolute Gasteiger partial charge is 0.329 e. The molecular weight excluding hydrogens is 160 g/mol. The maximum absolute atomic E-state index is 5.47. The molecule has 0 radical (unpaired) electrons. The van der Waals surface area contributed by atoms with Crippen LogP contribution in [0.3, 0.4) is 0 Å². The third-order valence-electron chi connectivity index (χ3n) is 2.05. The molecule has 1 rings (SSSR count). The summed E-state index contributed by atoms with van der Waals surface area (Å²) in [5, 5.41) is 0. The fourth-order valence-corrected chi connectivity index (χ4v) is 1.42. The van der Waals surface area contributed by atoms with Gasteiger partial charge in [-0.05, 0) is 19.5 Å². The highest BCUT2D eigenvalue weighted by Gasteiger charge is 1.98. The lowest BCUT2D eigenvalue weighted by molar-refractivity contribution is 0.336. The monoisotopic (exact) mass is 178 g/mol. The van der Waals surface area contributed by atoms with Crippen LogP contribution in [0.15, 0.2) is 24.3 Å². The van der Waals surface area contributed by atoms with Crippen LogP contribution in [0.4, 0.5) is 0 Å².